The molecule has 1 saturated carbocycles. The second-order valence-corrected chi connectivity index (χ2v) is 10.0. The first kappa shape index (κ1) is 20.4. The van der Waals surface area contributed by atoms with E-state index in [0.29, 0.717) is 56.9 Å². The number of hydrogen-bond acceptors (Lipinski definition) is 5. The fourth-order valence-electron chi connectivity index (χ4n) is 4.36. The van der Waals surface area contributed by atoms with E-state index in [2.05, 4.69) is 5.32 Å². The van der Waals surface area contributed by atoms with Gasteiger partial charge in [0.25, 0.3) is 5.91 Å². The molecule has 0 spiro atoms. The van der Waals surface area contributed by atoms with Crippen LogP contribution in [0, 0.1) is 0 Å². The van der Waals surface area contributed by atoms with Gasteiger partial charge in [0.1, 0.15) is 13.2 Å². The summed E-state index contributed by atoms with van der Waals surface area (Å²) in [5.41, 5.74) is 0. The van der Waals surface area contributed by atoms with E-state index in [4.69, 9.17) is 9.47 Å². The Balaban J connectivity index is 1.36. The Labute approximate surface area is 172 Å². The highest BCUT2D eigenvalue weighted by Crippen LogP contribution is 2.33. The van der Waals surface area contributed by atoms with E-state index in [9.17, 15) is 13.2 Å². The summed E-state index contributed by atoms with van der Waals surface area (Å²) in [6.45, 7) is 4.84. The molecule has 1 aliphatic carbocycles. The van der Waals surface area contributed by atoms with Crippen molar-refractivity contribution in [1.82, 2.24) is 9.62 Å². The molecule has 2 N–H and O–H groups in total. The summed E-state index contributed by atoms with van der Waals surface area (Å²) in [7, 11) is -3.60. The number of carbonyl (C=O) groups is 1. The van der Waals surface area contributed by atoms with E-state index < -0.39 is 10.0 Å². The first-order valence-electron chi connectivity index (χ1n) is 10.5. The molecule has 2 aliphatic heterocycles. The van der Waals surface area contributed by atoms with Gasteiger partial charge in [-0.05, 0) is 31.9 Å². The summed E-state index contributed by atoms with van der Waals surface area (Å²) in [6, 6.07) is 4.90. The third-order valence-electron chi connectivity index (χ3n) is 6.22. The summed E-state index contributed by atoms with van der Waals surface area (Å²) in [5, 5.41) is 3.15. The number of piperazine rings is 1. The molecule has 4 rings (SSSR count). The molecule has 0 aromatic heterocycles. The number of rotatable bonds is 5. The van der Waals surface area contributed by atoms with Crippen LogP contribution in [0.15, 0.2) is 23.1 Å². The van der Waals surface area contributed by atoms with E-state index in [1.165, 1.54) is 17.1 Å². The highest BCUT2D eigenvalue weighted by atomic mass is 32.2. The summed E-state index contributed by atoms with van der Waals surface area (Å²) >= 11 is 0. The van der Waals surface area contributed by atoms with Crippen molar-refractivity contribution in [2.24, 2.45) is 0 Å². The lowest BCUT2D eigenvalue weighted by molar-refractivity contribution is -0.917. The molecule has 0 unspecified atom stereocenters. The number of benzene rings is 1. The van der Waals surface area contributed by atoms with Gasteiger partial charge in [0.2, 0.25) is 10.0 Å². The third-order valence-corrected chi connectivity index (χ3v) is 8.12. The van der Waals surface area contributed by atoms with Gasteiger partial charge >= 0.3 is 0 Å². The number of ether oxygens (including phenoxy) is 2. The van der Waals surface area contributed by atoms with Crippen molar-refractivity contribution in [3.05, 3.63) is 18.2 Å². The number of nitrogens with one attached hydrogen (secondary N) is 2. The lowest BCUT2D eigenvalue weighted by Gasteiger charge is -2.34. The highest BCUT2D eigenvalue weighted by molar-refractivity contribution is 7.89. The molecule has 1 aromatic rings. The lowest BCUT2D eigenvalue weighted by atomic mass is 10.2. The molecule has 0 bridgehead atoms. The summed E-state index contributed by atoms with van der Waals surface area (Å²) in [6.07, 6.45) is 4.50. The van der Waals surface area contributed by atoms with Crippen molar-refractivity contribution >= 4 is 15.9 Å². The van der Waals surface area contributed by atoms with Crippen molar-refractivity contribution < 1.29 is 27.6 Å². The molecule has 1 saturated heterocycles. The zero-order chi connectivity index (χ0) is 20.4. The first-order chi connectivity index (χ1) is 13.9. The zero-order valence-electron chi connectivity index (χ0n) is 16.9. The number of sulfonamides is 1. The fraction of sp³-hybridized carbons (Fsp3) is 0.650. The minimum atomic E-state index is -3.60. The Bertz CT molecular complexity index is 846. The number of amides is 1. The molecule has 29 heavy (non-hydrogen) atoms. The third kappa shape index (κ3) is 4.36. The summed E-state index contributed by atoms with van der Waals surface area (Å²) < 4.78 is 38.6. The fourth-order valence-corrected chi connectivity index (χ4v) is 5.82. The molecular weight excluding hydrogens is 394 g/mol. The van der Waals surface area contributed by atoms with Crippen molar-refractivity contribution in [2.75, 3.05) is 39.4 Å². The van der Waals surface area contributed by atoms with Crippen LogP contribution in [-0.4, -0.2) is 70.1 Å². The maximum absolute atomic E-state index is 13.1. The lowest BCUT2D eigenvalue weighted by Crippen LogP contribution is -3.19. The quantitative estimate of drug-likeness (QED) is 0.683. The zero-order valence-corrected chi connectivity index (χ0v) is 17.7. The molecule has 1 atom stereocenters. The monoisotopic (exact) mass is 424 g/mol. The van der Waals surface area contributed by atoms with Crippen LogP contribution in [-0.2, 0) is 14.8 Å². The van der Waals surface area contributed by atoms with E-state index in [1.54, 1.807) is 18.2 Å². The van der Waals surface area contributed by atoms with Gasteiger partial charge in [-0.3, -0.25) is 4.79 Å². The molecule has 0 radical (unpaired) electrons. The van der Waals surface area contributed by atoms with E-state index in [-0.39, 0.29) is 16.8 Å². The van der Waals surface area contributed by atoms with E-state index in [0.717, 1.165) is 17.7 Å². The van der Waals surface area contributed by atoms with Crippen LogP contribution in [0.5, 0.6) is 11.5 Å². The molecule has 1 amide bonds. The number of hydrogen-bond donors (Lipinski definition) is 2. The largest absolute Gasteiger partial charge is 0.486 e. The Hall–Kier alpha value is -1.84. The standard InChI is InChI=1S/C20H29N3O5S/c1-15(20(24)21-16-4-2-3-5-16)22-8-10-23(11-9-22)29(25,26)17-6-7-18-19(14-17)28-13-12-27-18/h6-7,14-16H,2-5,8-13H2,1H3,(H,21,24)/p+1/t15-/m0/s1. The van der Waals surface area contributed by atoms with E-state index >= 15 is 0 Å². The SMILES string of the molecule is C[C@@H](C(=O)NC1CCCC1)[NH+]1CCN(S(=O)(=O)c2ccc3c(c2)OCCO3)CC1. The average molecular weight is 425 g/mol. The first-order valence-corrected chi connectivity index (χ1v) is 11.9. The molecule has 9 heteroatoms. The number of fused-ring (bicyclic) bond motifs is 1. The maximum Gasteiger partial charge on any atom is 0.278 e. The number of quaternary nitrogens is 1. The van der Waals surface area contributed by atoms with Crippen LogP contribution in [0.4, 0.5) is 0 Å². The van der Waals surface area contributed by atoms with Crippen LogP contribution in [0.1, 0.15) is 32.6 Å². The predicted octanol–water partition coefficient (Wildman–Crippen LogP) is -0.206. The topological polar surface area (TPSA) is 89.4 Å². The average Bonchev–Trinajstić information content (AvgIpc) is 3.26. The smallest absolute Gasteiger partial charge is 0.278 e. The van der Waals surface area contributed by atoms with Crippen LogP contribution < -0.4 is 19.7 Å². The van der Waals surface area contributed by atoms with Gasteiger partial charge in [-0.2, -0.15) is 4.31 Å². The minimum Gasteiger partial charge on any atom is -0.486 e. The second-order valence-electron chi connectivity index (χ2n) is 8.08. The molecule has 8 nitrogen and oxygen atoms in total. The molecule has 2 fully saturated rings. The van der Waals surface area contributed by atoms with Crippen LogP contribution >= 0.6 is 0 Å². The van der Waals surface area contributed by atoms with Gasteiger partial charge < -0.3 is 19.7 Å². The molecule has 160 valence electrons. The van der Waals surface area contributed by atoms with Gasteiger partial charge in [0.05, 0.1) is 31.1 Å². The number of nitrogens with zero attached hydrogens (tertiary/aromatic N) is 1. The van der Waals surface area contributed by atoms with Gasteiger partial charge in [0.15, 0.2) is 17.5 Å². The van der Waals surface area contributed by atoms with Gasteiger partial charge in [-0.25, -0.2) is 8.42 Å². The summed E-state index contributed by atoms with van der Waals surface area (Å²) in [5.74, 6) is 1.13. The predicted molar refractivity (Wildman–Crippen MR) is 107 cm³/mol. The van der Waals surface area contributed by atoms with Crippen LogP contribution in [0.3, 0.4) is 0 Å². The Morgan fingerprint density at radius 3 is 2.48 bits per heavy atom. The van der Waals surface area contributed by atoms with Crippen molar-refractivity contribution in [1.29, 1.82) is 0 Å². The van der Waals surface area contributed by atoms with Crippen LogP contribution in [0.2, 0.25) is 0 Å². The number of carbonyl (C=O) groups excluding carboxylic acids is 1. The van der Waals surface area contributed by atoms with Crippen molar-refractivity contribution in [3.63, 3.8) is 0 Å². The second kappa shape index (κ2) is 8.49. The maximum atomic E-state index is 13.1. The minimum absolute atomic E-state index is 0.0787. The molecule has 2 heterocycles. The van der Waals surface area contributed by atoms with Crippen LogP contribution in [0.25, 0.3) is 0 Å². The van der Waals surface area contributed by atoms with E-state index in [1.807, 2.05) is 6.92 Å². The van der Waals surface area contributed by atoms with Gasteiger partial charge in [-0.15, -0.1) is 0 Å². The Kier molecular flexibility index (Phi) is 5.98. The van der Waals surface area contributed by atoms with Gasteiger partial charge in [-0.1, -0.05) is 12.8 Å². The highest BCUT2D eigenvalue weighted by Gasteiger charge is 2.35. The molecule has 3 aliphatic rings. The molecular formula is C20H30N3O5S+. The Morgan fingerprint density at radius 2 is 1.79 bits per heavy atom. The van der Waals surface area contributed by atoms with Crippen molar-refractivity contribution in [3.8, 4) is 11.5 Å². The normalized spacial score (nSPS) is 22.4. The molecule has 1 aromatic carbocycles. The van der Waals surface area contributed by atoms with Gasteiger partial charge in [0, 0.05) is 12.1 Å². The summed E-state index contributed by atoms with van der Waals surface area (Å²) in [4.78, 5) is 13.9. The van der Waals surface area contributed by atoms with Crippen molar-refractivity contribution in [2.45, 2.75) is 49.6 Å². The Morgan fingerprint density at radius 1 is 1.14 bits per heavy atom.